The minimum Gasteiger partial charge on any atom is -0.494 e. The van der Waals surface area contributed by atoms with Crippen LogP contribution in [0.5, 0.6) is 5.75 Å². The largest absolute Gasteiger partial charge is 0.494 e. The van der Waals surface area contributed by atoms with Crippen molar-refractivity contribution in [2.75, 3.05) is 7.11 Å². The maximum absolute atomic E-state index is 14.1. The Balaban J connectivity index is 2.14. The van der Waals surface area contributed by atoms with E-state index in [1.165, 1.54) is 7.11 Å². The molecule has 0 aliphatic carbocycles. The maximum atomic E-state index is 14.1. The highest BCUT2D eigenvalue weighted by molar-refractivity contribution is 5.31. The fourth-order valence-electron chi connectivity index (χ4n) is 2.35. The van der Waals surface area contributed by atoms with Gasteiger partial charge in [-0.25, -0.2) is 4.39 Å². The van der Waals surface area contributed by atoms with E-state index >= 15 is 0 Å². The van der Waals surface area contributed by atoms with E-state index in [0.717, 1.165) is 5.56 Å². The molecule has 20 heavy (non-hydrogen) atoms. The molecule has 2 nitrogen and oxygen atoms in total. The van der Waals surface area contributed by atoms with Crippen LogP contribution in [0.2, 0.25) is 0 Å². The lowest BCUT2D eigenvalue weighted by atomic mass is 9.89. The Labute approximate surface area is 119 Å². The summed E-state index contributed by atoms with van der Waals surface area (Å²) in [6, 6.07) is 15.0. The summed E-state index contributed by atoms with van der Waals surface area (Å²) >= 11 is 0. The summed E-state index contributed by atoms with van der Waals surface area (Å²) < 4.78 is 19.1. The molecule has 0 saturated carbocycles. The molecule has 0 saturated heterocycles. The van der Waals surface area contributed by atoms with Crippen LogP contribution in [0.3, 0.4) is 0 Å². The first kappa shape index (κ1) is 14.5. The van der Waals surface area contributed by atoms with Crippen molar-refractivity contribution in [3.05, 3.63) is 65.5 Å². The molecule has 0 aliphatic heterocycles. The third-order valence-electron chi connectivity index (χ3n) is 3.60. The van der Waals surface area contributed by atoms with Gasteiger partial charge in [0.25, 0.3) is 0 Å². The summed E-state index contributed by atoms with van der Waals surface area (Å²) in [6.45, 7) is 2.04. The second-order valence-corrected chi connectivity index (χ2v) is 5.05. The van der Waals surface area contributed by atoms with Gasteiger partial charge in [0, 0.05) is 6.04 Å². The predicted molar refractivity (Wildman–Crippen MR) is 79.2 cm³/mol. The summed E-state index contributed by atoms with van der Waals surface area (Å²) in [5, 5.41) is 0. The predicted octanol–water partition coefficient (Wildman–Crippen LogP) is 3.71. The molecule has 0 aromatic heterocycles. The SMILES string of the molecule is COc1cccc(CC(C)C(N)c2ccccc2)c1F. The molecular weight excluding hydrogens is 253 g/mol. The number of methoxy groups -OCH3 is 1. The number of nitrogens with two attached hydrogens (primary N) is 1. The molecule has 0 spiro atoms. The number of ether oxygens (including phenoxy) is 1. The highest BCUT2D eigenvalue weighted by Crippen LogP contribution is 2.26. The first-order chi connectivity index (χ1) is 9.63. The van der Waals surface area contributed by atoms with Gasteiger partial charge in [-0.05, 0) is 29.5 Å². The third kappa shape index (κ3) is 3.17. The molecule has 0 bridgehead atoms. The molecule has 0 aliphatic rings. The van der Waals surface area contributed by atoms with Gasteiger partial charge in [-0.3, -0.25) is 0 Å². The second kappa shape index (κ2) is 6.53. The Hall–Kier alpha value is -1.87. The molecule has 3 heteroatoms. The van der Waals surface area contributed by atoms with Gasteiger partial charge < -0.3 is 10.5 Å². The molecule has 0 amide bonds. The molecule has 106 valence electrons. The summed E-state index contributed by atoms with van der Waals surface area (Å²) in [5.41, 5.74) is 7.97. The average molecular weight is 273 g/mol. The second-order valence-electron chi connectivity index (χ2n) is 5.05. The lowest BCUT2D eigenvalue weighted by molar-refractivity contribution is 0.380. The fourth-order valence-corrected chi connectivity index (χ4v) is 2.35. The molecule has 2 aromatic carbocycles. The van der Waals surface area contributed by atoms with E-state index in [0.29, 0.717) is 12.0 Å². The van der Waals surface area contributed by atoms with E-state index in [4.69, 9.17) is 10.5 Å². The van der Waals surface area contributed by atoms with E-state index in [-0.39, 0.29) is 23.5 Å². The van der Waals surface area contributed by atoms with Gasteiger partial charge in [-0.15, -0.1) is 0 Å². The van der Waals surface area contributed by atoms with Gasteiger partial charge in [0.15, 0.2) is 11.6 Å². The quantitative estimate of drug-likeness (QED) is 0.901. The number of halogens is 1. The lowest BCUT2D eigenvalue weighted by Crippen LogP contribution is -2.21. The minimum absolute atomic E-state index is 0.109. The monoisotopic (exact) mass is 273 g/mol. The highest BCUT2D eigenvalue weighted by atomic mass is 19.1. The Morgan fingerprint density at radius 3 is 2.45 bits per heavy atom. The maximum Gasteiger partial charge on any atom is 0.168 e. The zero-order chi connectivity index (χ0) is 14.5. The molecule has 2 N–H and O–H groups in total. The average Bonchev–Trinajstić information content (AvgIpc) is 2.49. The van der Waals surface area contributed by atoms with Crippen molar-refractivity contribution in [3.8, 4) is 5.75 Å². The van der Waals surface area contributed by atoms with Crippen molar-refractivity contribution in [3.63, 3.8) is 0 Å². The Bertz CT molecular complexity index is 556. The molecule has 2 rings (SSSR count). The molecule has 0 radical (unpaired) electrons. The van der Waals surface area contributed by atoms with Crippen LogP contribution in [0, 0.1) is 11.7 Å². The molecule has 0 fully saturated rings. The van der Waals surface area contributed by atoms with Crippen molar-refractivity contribution in [2.24, 2.45) is 11.7 Å². The van der Waals surface area contributed by atoms with Gasteiger partial charge in [0.1, 0.15) is 0 Å². The van der Waals surface area contributed by atoms with Gasteiger partial charge in [-0.2, -0.15) is 0 Å². The zero-order valence-corrected chi connectivity index (χ0v) is 11.8. The number of rotatable bonds is 5. The number of hydrogen-bond donors (Lipinski definition) is 1. The van der Waals surface area contributed by atoms with Crippen LogP contribution in [0.25, 0.3) is 0 Å². The molecule has 0 heterocycles. The Morgan fingerprint density at radius 1 is 1.10 bits per heavy atom. The van der Waals surface area contributed by atoms with E-state index in [1.54, 1.807) is 18.2 Å². The zero-order valence-electron chi connectivity index (χ0n) is 11.8. The van der Waals surface area contributed by atoms with E-state index < -0.39 is 0 Å². The topological polar surface area (TPSA) is 35.2 Å². The number of benzene rings is 2. The fraction of sp³-hybridized carbons (Fsp3) is 0.294. The summed E-state index contributed by atoms with van der Waals surface area (Å²) in [4.78, 5) is 0. The standard InChI is InChI=1S/C17H20FNO/c1-12(17(19)13-7-4-3-5-8-13)11-14-9-6-10-15(20-2)16(14)18/h3-10,12,17H,11,19H2,1-2H3. The molecule has 2 unspecified atom stereocenters. The van der Waals surface area contributed by atoms with Gasteiger partial charge in [-0.1, -0.05) is 49.4 Å². The first-order valence-corrected chi connectivity index (χ1v) is 6.75. The Morgan fingerprint density at radius 2 is 1.80 bits per heavy atom. The first-order valence-electron chi connectivity index (χ1n) is 6.75. The minimum atomic E-state index is -0.290. The molecular formula is C17H20FNO. The van der Waals surface area contributed by atoms with Crippen molar-refractivity contribution < 1.29 is 9.13 Å². The molecule has 2 aromatic rings. The van der Waals surface area contributed by atoms with Gasteiger partial charge in [0.05, 0.1) is 7.11 Å². The van der Waals surface area contributed by atoms with Crippen molar-refractivity contribution in [1.82, 2.24) is 0 Å². The van der Waals surface area contributed by atoms with Crippen molar-refractivity contribution in [2.45, 2.75) is 19.4 Å². The summed E-state index contributed by atoms with van der Waals surface area (Å²) in [5.74, 6) is 0.129. The van der Waals surface area contributed by atoms with Crippen LogP contribution in [0.1, 0.15) is 24.1 Å². The lowest BCUT2D eigenvalue weighted by Gasteiger charge is -2.21. The van der Waals surface area contributed by atoms with Gasteiger partial charge in [0.2, 0.25) is 0 Å². The van der Waals surface area contributed by atoms with Crippen LogP contribution in [0.4, 0.5) is 4.39 Å². The smallest absolute Gasteiger partial charge is 0.168 e. The number of hydrogen-bond acceptors (Lipinski definition) is 2. The normalized spacial score (nSPS) is 13.8. The summed E-state index contributed by atoms with van der Waals surface area (Å²) in [7, 11) is 1.47. The van der Waals surface area contributed by atoms with Crippen molar-refractivity contribution in [1.29, 1.82) is 0 Å². The Kier molecular flexibility index (Phi) is 4.74. The van der Waals surface area contributed by atoms with Crippen LogP contribution >= 0.6 is 0 Å². The molecule has 2 atom stereocenters. The summed E-state index contributed by atoms with van der Waals surface area (Å²) in [6.07, 6.45) is 0.582. The van der Waals surface area contributed by atoms with Crippen molar-refractivity contribution >= 4 is 0 Å². The highest BCUT2D eigenvalue weighted by Gasteiger charge is 2.18. The third-order valence-corrected chi connectivity index (χ3v) is 3.60. The van der Waals surface area contributed by atoms with E-state index in [1.807, 2.05) is 37.3 Å². The van der Waals surface area contributed by atoms with Crippen LogP contribution in [-0.2, 0) is 6.42 Å². The van der Waals surface area contributed by atoms with Crippen LogP contribution in [0.15, 0.2) is 48.5 Å². The van der Waals surface area contributed by atoms with E-state index in [2.05, 4.69) is 0 Å². The van der Waals surface area contributed by atoms with E-state index in [9.17, 15) is 4.39 Å². The van der Waals surface area contributed by atoms with Crippen LogP contribution in [-0.4, -0.2) is 7.11 Å². The van der Waals surface area contributed by atoms with Gasteiger partial charge >= 0.3 is 0 Å². The van der Waals surface area contributed by atoms with Crippen LogP contribution < -0.4 is 10.5 Å².